The Morgan fingerprint density at radius 3 is 2.61 bits per heavy atom. The fourth-order valence-electron chi connectivity index (χ4n) is 6.42. The van der Waals surface area contributed by atoms with E-state index in [1.807, 2.05) is 6.92 Å². The lowest BCUT2D eigenvalue weighted by Gasteiger charge is -2.42. The number of likely N-dealkylation sites (N-methyl/N-ethyl adjacent to an activating group) is 1. The van der Waals surface area contributed by atoms with Gasteiger partial charge in [-0.2, -0.15) is 12.6 Å². The number of anilines is 1. The number of fused-ring (bicyclic) bond motifs is 5. The van der Waals surface area contributed by atoms with Gasteiger partial charge in [0.25, 0.3) is 0 Å². The molecule has 0 aliphatic carbocycles. The first-order chi connectivity index (χ1) is 23.0. The van der Waals surface area contributed by atoms with Crippen molar-refractivity contribution in [3.8, 4) is 0 Å². The molecule has 0 spiro atoms. The summed E-state index contributed by atoms with van der Waals surface area (Å²) in [6.45, 7) is 5.95. The number of epoxide rings is 1. The third kappa shape index (κ3) is 8.26. The normalized spacial score (nSPS) is 32.8. The average Bonchev–Trinajstić information content (AvgIpc) is 3.76. The summed E-state index contributed by atoms with van der Waals surface area (Å²) in [6.07, 6.45) is 1.44. The van der Waals surface area contributed by atoms with Gasteiger partial charge >= 0.3 is 12.1 Å². The minimum absolute atomic E-state index is 0.0951. The lowest BCUT2D eigenvalue weighted by Crippen LogP contribution is -2.62. The number of hydrogen-bond donors (Lipinski definition) is 5. The van der Waals surface area contributed by atoms with E-state index in [4.69, 9.17) is 25.8 Å². The van der Waals surface area contributed by atoms with Gasteiger partial charge in [0.05, 0.1) is 42.2 Å². The molecule has 2 fully saturated rings. The summed E-state index contributed by atoms with van der Waals surface area (Å²) in [7, 11) is 2.98. The SMILES string of the molecule is C/C1=C\C=C\[C@@H](CO)[C@@]2(O)C[C@H](OC(=O)N2)[C@@H](C)[C@@H]2O[C@@]2(C)[C@@H](OC(=O)[C@H](C)N(C)C(=O)CS)CC(=O)N(C)c2cc(cc(CO)c2Cl)C1. The standard InChI is InChI=1S/C34H46ClN3O10S/c1-18-8-7-9-23(16-40)34(45)14-25(46-32(44)36-34)19(2)30-33(4,48-30)26(47-31(43)20(3)37(5)28(42)17-49)13-27(41)38(6)24-12-21(10-18)11-22(15-39)29(24)35/h7-9,11-12,19-20,23,25-26,30,39-40,45,49H,10,13-17H2,1-6H3,(H,36,44)/b9-7+,18-8+/t19-,20+,23+,25+,26+,30+,33+,34+/m1/s1. The molecule has 3 heterocycles. The molecule has 3 aliphatic rings. The molecule has 0 saturated carbocycles. The molecule has 13 nitrogen and oxygen atoms in total. The van der Waals surface area contributed by atoms with E-state index < -0.39 is 78.0 Å². The van der Waals surface area contributed by atoms with E-state index in [9.17, 15) is 34.5 Å². The number of carbonyl (C=O) groups excluding carboxylic acids is 4. The Morgan fingerprint density at radius 2 is 1.98 bits per heavy atom. The zero-order valence-corrected chi connectivity index (χ0v) is 30.2. The van der Waals surface area contributed by atoms with Gasteiger partial charge in [-0.05, 0) is 44.4 Å². The number of hydrogen-bond acceptors (Lipinski definition) is 11. The Labute approximate surface area is 296 Å². The Morgan fingerprint density at radius 1 is 1.29 bits per heavy atom. The van der Waals surface area contributed by atoms with Gasteiger partial charge in [0.1, 0.15) is 23.9 Å². The molecule has 0 unspecified atom stereocenters. The fourth-order valence-corrected chi connectivity index (χ4v) is 6.94. The first-order valence-corrected chi connectivity index (χ1v) is 17.1. The monoisotopic (exact) mass is 723 g/mol. The van der Waals surface area contributed by atoms with Crippen LogP contribution in [0.15, 0.2) is 35.9 Å². The van der Waals surface area contributed by atoms with E-state index in [1.54, 1.807) is 44.2 Å². The van der Waals surface area contributed by atoms with Crippen molar-refractivity contribution < 1.29 is 48.7 Å². The fraction of sp³-hybridized carbons (Fsp3) is 0.588. The van der Waals surface area contributed by atoms with E-state index in [2.05, 4.69) is 17.9 Å². The zero-order valence-electron chi connectivity index (χ0n) is 28.5. The second kappa shape index (κ2) is 15.4. The lowest BCUT2D eigenvalue weighted by molar-refractivity contribution is -0.161. The molecule has 4 bridgehead atoms. The Kier molecular flexibility index (Phi) is 12.1. The summed E-state index contributed by atoms with van der Waals surface area (Å²) in [5, 5.41) is 34.6. The molecule has 0 radical (unpaired) electrons. The molecule has 4 N–H and O–H groups in total. The molecule has 1 aromatic carbocycles. The van der Waals surface area contributed by atoms with E-state index in [-0.39, 0.29) is 30.2 Å². The largest absolute Gasteiger partial charge is 0.457 e. The minimum Gasteiger partial charge on any atom is -0.457 e. The summed E-state index contributed by atoms with van der Waals surface area (Å²) < 4.78 is 17.7. The van der Waals surface area contributed by atoms with Gasteiger partial charge < -0.3 is 39.3 Å². The summed E-state index contributed by atoms with van der Waals surface area (Å²) in [6, 6.07) is 2.47. The molecule has 15 heteroatoms. The molecular weight excluding hydrogens is 678 g/mol. The van der Waals surface area contributed by atoms with Gasteiger partial charge in [-0.15, -0.1) is 0 Å². The third-order valence-electron chi connectivity index (χ3n) is 9.86. The number of rotatable bonds is 6. The van der Waals surface area contributed by atoms with Crippen LogP contribution in [0.25, 0.3) is 0 Å². The van der Waals surface area contributed by atoms with Crippen LogP contribution in [-0.4, -0.2) is 106 Å². The van der Waals surface area contributed by atoms with Crippen LogP contribution in [0.4, 0.5) is 10.5 Å². The molecule has 1 aromatic rings. The molecule has 3 aliphatic heterocycles. The van der Waals surface area contributed by atoms with Crippen LogP contribution in [0.5, 0.6) is 0 Å². The summed E-state index contributed by atoms with van der Waals surface area (Å²) in [5.74, 6) is -3.23. The lowest BCUT2D eigenvalue weighted by atomic mass is 9.81. The Balaban J connectivity index is 1.79. The van der Waals surface area contributed by atoms with Crippen molar-refractivity contribution in [3.63, 3.8) is 0 Å². The highest BCUT2D eigenvalue weighted by Gasteiger charge is 2.64. The second-order valence-corrected chi connectivity index (χ2v) is 14.0. The number of aliphatic hydroxyl groups is 3. The van der Waals surface area contributed by atoms with Crippen LogP contribution >= 0.6 is 24.2 Å². The first-order valence-electron chi connectivity index (χ1n) is 16.1. The molecule has 2 saturated heterocycles. The Hall–Kier alpha value is -3.14. The van der Waals surface area contributed by atoms with Crippen molar-refractivity contribution >= 4 is 53.8 Å². The predicted octanol–water partition coefficient (Wildman–Crippen LogP) is 2.52. The highest BCUT2D eigenvalue weighted by atomic mass is 35.5. The van der Waals surface area contributed by atoms with Crippen molar-refractivity contribution in [2.24, 2.45) is 11.8 Å². The highest BCUT2D eigenvalue weighted by Crippen LogP contribution is 2.49. The maximum atomic E-state index is 14.0. The van der Waals surface area contributed by atoms with Crippen molar-refractivity contribution in [2.75, 3.05) is 31.4 Å². The average molecular weight is 724 g/mol. The van der Waals surface area contributed by atoms with Crippen LogP contribution in [0.1, 0.15) is 51.7 Å². The van der Waals surface area contributed by atoms with Crippen LogP contribution in [0.2, 0.25) is 5.02 Å². The number of allylic oxidation sites excluding steroid dienone is 3. The number of nitrogens with one attached hydrogen (secondary N) is 1. The number of ether oxygens (including phenoxy) is 3. The van der Waals surface area contributed by atoms with Crippen LogP contribution < -0.4 is 10.2 Å². The Bertz CT molecular complexity index is 1520. The van der Waals surface area contributed by atoms with Gasteiger partial charge in [0.15, 0.2) is 5.72 Å². The second-order valence-electron chi connectivity index (χ2n) is 13.3. The number of halogens is 1. The maximum absolute atomic E-state index is 14.0. The number of esters is 1. The van der Waals surface area contributed by atoms with E-state index in [0.717, 1.165) is 11.1 Å². The van der Waals surface area contributed by atoms with Gasteiger partial charge in [-0.25, -0.2) is 9.59 Å². The summed E-state index contributed by atoms with van der Waals surface area (Å²) in [5.41, 5.74) is -0.726. The molecular formula is C34H46ClN3O10S. The number of amides is 3. The van der Waals surface area contributed by atoms with Crippen LogP contribution in [0, 0.1) is 11.8 Å². The molecule has 49 heavy (non-hydrogen) atoms. The van der Waals surface area contributed by atoms with E-state index >= 15 is 0 Å². The number of alkyl carbamates (subject to hydrolysis) is 1. The van der Waals surface area contributed by atoms with E-state index in [0.29, 0.717) is 17.7 Å². The number of nitrogens with zero attached hydrogens (tertiary/aromatic N) is 2. The predicted molar refractivity (Wildman–Crippen MR) is 184 cm³/mol. The van der Waals surface area contributed by atoms with E-state index in [1.165, 1.54) is 30.8 Å². The van der Waals surface area contributed by atoms with Gasteiger partial charge in [-0.1, -0.05) is 48.4 Å². The number of carbonyl (C=O) groups is 4. The van der Waals surface area contributed by atoms with Crippen molar-refractivity contribution in [1.82, 2.24) is 10.2 Å². The number of benzene rings is 1. The number of aliphatic hydroxyl groups excluding tert-OH is 2. The third-order valence-corrected chi connectivity index (χ3v) is 10.6. The molecule has 0 aromatic heterocycles. The van der Waals surface area contributed by atoms with Crippen LogP contribution in [-0.2, 0) is 41.6 Å². The summed E-state index contributed by atoms with van der Waals surface area (Å²) >= 11 is 10.7. The smallest absolute Gasteiger partial charge is 0.409 e. The maximum Gasteiger partial charge on any atom is 0.409 e. The van der Waals surface area contributed by atoms with Gasteiger partial charge in [-0.3, -0.25) is 14.9 Å². The molecule has 8 atom stereocenters. The first kappa shape index (κ1) is 38.7. The number of thiol groups is 1. The van der Waals surface area contributed by atoms with Gasteiger partial charge in [0.2, 0.25) is 11.8 Å². The van der Waals surface area contributed by atoms with Gasteiger partial charge in [0, 0.05) is 32.4 Å². The summed E-state index contributed by atoms with van der Waals surface area (Å²) in [4.78, 5) is 55.0. The topological polar surface area (TPSA) is 178 Å². The quantitative estimate of drug-likeness (QED) is 0.167. The molecule has 4 rings (SSSR count). The van der Waals surface area contributed by atoms with Crippen LogP contribution in [0.3, 0.4) is 0 Å². The molecule has 3 amide bonds. The van der Waals surface area contributed by atoms with Crippen molar-refractivity contribution in [1.29, 1.82) is 0 Å². The molecule has 270 valence electrons. The van der Waals surface area contributed by atoms with Crippen molar-refractivity contribution in [3.05, 3.63) is 52.1 Å². The highest BCUT2D eigenvalue weighted by molar-refractivity contribution is 7.81. The zero-order chi connectivity index (χ0) is 36.4. The minimum atomic E-state index is -1.86. The van der Waals surface area contributed by atoms with Crippen molar-refractivity contribution in [2.45, 2.75) is 89.2 Å².